The molecule has 6 heterocycles. The van der Waals surface area contributed by atoms with Crippen molar-refractivity contribution < 1.29 is 56.3 Å². The summed E-state index contributed by atoms with van der Waals surface area (Å²) in [5, 5.41) is 15.1. The van der Waals surface area contributed by atoms with E-state index >= 15 is 4.39 Å². The second-order valence-electron chi connectivity index (χ2n) is 16.2. The number of aromatic amines is 2. The van der Waals surface area contributed by atoms with Crippen LogP contribution < -0.4 is 31.0 Å². The van der Waals surface area contributed by atoms with E-state index in [1.165, 1.54) is 28.5 Å². The molecule has 0 bridgehead atoms. The van der Waals surface area contributed by atoms with Crippen molar-refractivity contribution in [2.24, 2.45) is 11.8 Å². The maximum absolute atomic E-state index is 15.2. The van der Waals surface area contributed by atoms with Crippen molar-refractivity contribution in [3.05, 3.63) is 94.0 Å². The van der Waals surface area contributed by atoms with Crippen LogP contribution in [-0.2, 0) is 28.4 Å². The second kappa shape index (κ2) is 24.0. The molecule has 2 aliphatic heterocycles. The highest BCUT2D eigenvalue weighted by Crippen LogP contribution is 2.37. The number of benzene rings is 2. The number of halogens is 2. The summed E-state index contributed by atoms with van der Waals surface area (Å²) in [5.74, 6) is -0.581. The van der Waals surface area contributed by atoms with Gasteiger partial charge in [-0.2, -0.15) is 9.97 Å². The van der Waals surface area contributed by atoms with Gasteiger partial charge < -0.3 is 24.1 Å². The van der Waals surface area contributed by atoms with Crippen LogP contribution in [0.5, 0.6) is 11.5 Å². The number of carbonyl (C=O) groups is 3. The van der Waals surface area contributed by atoms with Gasteiger partial charge in [0.05, 0.1) is 24.9 Å². The topological polar surface area (TPSA) is 286 Å². The van der Waals surface area contributed by atoms with Crippen molar-refractivity contribution in [2.75, 3.05) is 17.3 Å². The van der Waals surface area contributed by atoms with E-state index in [4.69, 9.17) is 23.5 Å². The van der Waals surface area contributed by atoms with Crippen LogP contribution in [0, 0.1) is 11.8 Å². The number of para-hydroxylation sites is 2. The molecule has 2 aliphatic rings. The van der Waals surface area contributed by atoms with Gasteiger partial charge in [0.1, 0.15) is 11.9 Å². The average molecular weight is 998 g/mol. The van der Waals surface area contributed by atoms with Crippen molar-refractivity contribution in [1.29, 1.82) is 0 Å². The number of ether oxygens (including phenoxy) is 4. The summed E-state index contributed by atoms with van der Waals surface area (Å²) < 4.78 is 69.1. The molecule has 4 aromatic heterocycles. The Labute approximate surface area is 400 Å². The molecule has 2 fully saturated rings. The number of nitrogens with one attached hydrogen (secondary N) is 4. The minimum atomic E-state index is -1.67. The lowest BCUT2D eigenvalue weighted by atomic mass is 10.1. The van der Waals surface area contributed by atoms with Gasteiger partial charge in [-0.1, -0.05) is 85.4 Å². The standard InChI is InChI=1S/C22H24FN5O6.C15H20FN5O4.C7H8O2P.CH4/c1-4-13-14(23)16(34-22(31)32-12-8-6-5-7-9-12)20(33-13)28-10-24-15-17(28)25-21(27-19(15)30)26-18(29)11(2)3;1-4-7-8(16)10(22)14(25-7)21-5-17-9-11(21)18-15(20-13(9)24)19-12(23)6(2)3;1-10(8)9-7-5-3-2-4-6-7;/h5-11,13-14,16,20H,4H2,1-3H3,(H2,25,26,27,29,30);5-8,10,14,22H,4H2,1-3H3,(H2,18,19,20,23,24);2-6H,1H3;1H4/q;;+1;/t13-,14-,16-,20-;7-,8-,10-,14-;;/m11../s1. The first-order valence-electron chi connectivity index (χ1n) is 21.8. The maximum Gasteiger partial charge on any atom is 0.552 e. The van der Waals surface area contributed by atoms with Crippen molar-refractivity contribution in [2.45, 2.75) is 111 Å². The molecular formula is C45H56F2N10O12P+. The van der Waals surface area contributed by atoms with Crippen molar-refractivity contribution in [3.8, 4) is 11.5 Å². The molecule has 2 saturated heterocycles. The lowest BCUT2D eigenvalue weighted by Crippen LogP contribution is -2.34. The number of imidazole rings is 2. The third kappa shape index (κ3) is 12.8. The number of alkyl halides is 2. The number of hydrogen-bond donors (Lipinski definition) is 5. The number of nitrogens with zero attached hydrogens (tertiary/aromatic N) is 6. The van der Waals surface area contributed by atoms with Crippen LogP contribution in [0.2, 0.25) is 0 Å². The van der Waals surface area contributed by atoms with Gasteiger partial charge in [-0.25, -0.2) is 23.5 Å². The summed E-state index contributed by atoms with van der Waals surface area (Å²) in [5.41, 5.74) is -1.08. The van der Waals surface area contributed by atoms with E-state index in [0.717, 1.165) is 0 Å². The Morgan fingerprint density at radius 1 is 0.757 bits per heavy atom. The second-order valence-corrected chi connectivity index (χ2v) is 17.2. The fourth-order valence-corrected chi connectivity index (χ4v) is 7.27. The zero-order chi connectivity index (χ0) is 50.1. The first-order chi connectivity index (χ1) is 32.9. The van der Waals surface area contributed by atoms with Crippen LogP contribution in [0.4, 0.5) is 25.5 Å². The van der Waals surface area contributed by atoms with E-state index in [1.54, 1.807) is 84.0 Å². The summed E-state index contributed by atoms with van der Waals surface area (Å²) in [6.07, 6.45) is -7.76. The van der Waals surface area contributed by atoms with Gasteiger partial charge in [0.2, 0.25) is 23.7 Å². The van der Waals surface area contributed by atoms with E-state index in [-0.39, 0.29) is 71.1 Å². The minimum absolute atomic E-state index is 0. The van der Waals surface area contributed by atoms with Gasteiger partial charge in [-0.3, -0.25) is 53.4 Å². The van der Waals surface area contributed by atoms with Gasteiger partial charge in [-0.05, 0) is 41.7 Å². The Balaban J connectivity index is 0.000000221. The lowest BCUT2D eigenvalue weighted by molar-refractivity contribution is -0.119. The predicted molar refractivity (Wildman–Crippen MR) is 252 cm³/mol. The lowest BCUT2D eigenvalue weighted by Gasteiger charge is -2.20. The molecule has 5 N–H and O–H groups in total. The molecule has 376 valence electrons. The van der Waals surface area contributed by atoms with Gasteiger partial charge in [0.15, 0.2) is 65.6 Å². The predicted octanol–water partition coefficient (Wildman–Crippen LogP) is 6.74. The number of aliphatic hydroxyl groups excluding tert-OH is 1. The number of aromatic nitrogens is 8. The third-order valence-electron chi connectivity index (χ3n) is 10.5. The maximum atomic E-state index is 15.2. The van der Waals surface area contributed by atoms with E-state index in [9.17, 15) is 38.0 Å². The number of fused-ring (bicyclic) bond motifs is 2. The van der Waals surface area contributed by atoms with E-state index in [2.05, 4.69) is 40.5 Å². The zero-order valence-corrected chi connectivity index (χ0v) is 39.3. The first kappa shape index (κ1) is 53.9. The molecule has 1 unspecified atom stereocenters. The molecule has 22 nitrogen and oxygen atoms in total. The molecule has 0 saturated carbocycles. The van der Waals surface area contributed by atoms with Crippen LogP contribution in [0.3, 0.4) is 0 Å². The molecule has 25 heteroatoms. The van der Waals surface area contributed by atoms with Gasteiger partial charge >= 0.3 is 14.2 Å². The van der Waals surface area contributed by atoms with Crippen LogP contribution in [0.1, 0.15) is 74.3 Å². The fraction of sp³-hybridized carbons (Fsp3) is 0.444. The van der Waals surface area contributed by atoms with Crippen LogP contribution in [0.25, 0.3) is 22.3 Å². The summed E-state index contributed by atoms with van der Waals surface area (Å²) in [6.45, 7) is 11.8. The summed E-state index contributed by atoms with van der Waals surface area (Å²) in [7, 11) is -1.53. The quantitative estimate of drug-likeness (QED) is 0.0482. The smallest absolute Gasteiger partial charge is 0.423 e. The van der Waals surface area contributed by atoms with Crippen molar-refractivity contribution >= 4 is 60.2 Å². The Bertz CT molecular complexity index is 2860. The van der Waals surface area contributed by atoms with E-state index in [0.29, 0.717) is 18.6 Å². The Morgan fingerprint density at radius 3 is 1.64 bits per heavy atom. The molecule has 0 spiro atoms. The highest BCUT2D eigenvalue weighted by atomic mass is 31.1. The molecule has 9 atom stereocenters. The zero-order valence-electron chi connectivity index (χ0n) is 38.4. The Morgan fingerprint density at radius 2 is 1.20 bits per heavy atom. The average Bonchev–Trinajstić information content (AvgIpc) is 4.08. The SMILES string of the molecule is C.CC[C@H]1O[C@@H](n2cnc3c(=O)[nH]c(NC(=O)C(C)C)nc32)[C@H](O)[C@@H]1F.CC[C@H]1O[C@@H](n2cnc3c(=O)[nH]c(NC(=O)C(C)C)nc32)[C@H](OC(=O)Oc2ccccc2)[C@@H]1F.C[P+](=O)Oc1ccccc1. The number of aliphatic hydroxyl groups is 1. The highest BCUT2D eigenvalue weighted by Gasteiger charge is 2.49. The highest BCUT2D eigenvalue weighted by molar-refractivity contribution is 7.38. The Hall–Kier alpha value is -7.01. The summed E-state index contributed by atoms with van der Waals surface area (Å²) in [6, 6.07) is 17.3. The number of H-pyrrole nitrogens is 2. The molecule has 8 rings (SSSR count). The van der Waals surface area contributed by atoms with Crippen LogP contribution in [-0.4, -0.2) is 106 Å². The molecular weight excluding hydrogens is 942 g/mol. The van der Waals surface area contributed by atoms with E-state index in [1.807, 2.05) is 18.2 Å². The number of anilines is 2. The first-order valence-corrected chi connectivity index (χ1v) is 23.4. The summed E-state index contributed by atoms with van der Waals surface area (Å²) in [4.78, 5) is 82.2. The van der Waals surface area contributed by atoms with Crippen molar-refractivity contribution in [1.82, 2.24) is 39.0 Å². The van der Waals surface area contributed by atoms with Crippen LogP contribution in [0.15, 0.2) is 82.9 Å². The third-order valence-corrected chi connectivity index (χ3v) is 10.9. The number of carbonyl (C=O) groups excluding carboxylic acids is 3. The molecule has 0 aliphatic carbocycles. The molecule has 2 amide bonds. The van der Waals surface area contributed by atoms with Gasteiger partial charge in [0, 0.05) is 11.8 Å². The summed E-state index contributed by atoms with van der Waals surface area (Å²) >= 11 is 0. The minimum Gasteiger partial charge on any atom is -0.423 e. The molecule has 6 aromatic rings. The van der Waals surface area contributed by atoms with Gasteiger partial charge in [-0.15, -0.1) is 0 Å². The Kier molecular flexibility index (Phi) is 18.5. The van der Waals surface area contributed by atoms with Gasteiger partial charge in [0.25, 0.3) is 11.1 Å². The monoisotopic (exact) mass is 997 g/mol. The number of hydrogen-bond acceptors (Lipinski definition) is 16. The largest absolute Gasteiger partial charge is 0.552 e. The van der Waals surface area contributed by atoms with Crippen molar-refractivity contribution in [3.63, 3.8) is 0 Å². The number of amides is 2. The molecule has 0 radical (unpaired) electrons. The normalized spacial score (nSPS) is 21.7. The molecule has 70 heavy (non-hydrogen) atoms. The fourth-order valence-electron chi connectivity index (χ4n) is 6.85. The number of rotatable bonds is 12. The molecule has 2 aromatic carbocycles. The van der Waals surface area contributed by atoms with Crippen LogP contribution >= 0.6 is 8.03 Å². The van der Waals surface area contributed by atoms with E-state index < -0.39 is 74.5 Å².